The molecule has 1 aromatic heterocycles. The minimum absolute atomic E-state index is 0.231. The predicted octanol–water partition coefficient (Wildman–Crippen LogP) is 3.33. The molecule has 0 fully saturated rings. The molecule has 86 valence electrons. The number of nitrogens with zero attached hydrogens (tertiary/aromatic N) is 1. The third-order valence-corrected chi connectivity index (χ3v) is 1.89. The van der Waals surface area contributed by atoms with E-state index in [1.54, 1.807) is 6.07 Å². The Labute approximate surface area is 96.4 Å². The maximum Gasteiger partial charge on any atom is 0.123 e. The highest BCUT2D eigenvalue weighted by Gasteiger charge is 2.07. The lowest BCUT2D eigenvalue weighted by molar-refractivity contribution is 0.645. The molecule has 0 aliphatic carbocycles. The van der Waals surface area contributed by atoms with Crippen LogP contribution in [0.3, 0.4) is 0 Å². The molecule has 0 unspecified atom stereocenters. The summed E-state index contributed by atoms with van der Waals surface area (Å²) in [4.78, 5) is 3.87. The first-order valence-electron chi connectivity index (χ1n) is 5.11. The molecule has 0 spiro atoms. The van der Waals surface area contributed by atoms with Crippen LogP contribution in [0.4, 0.5) is 10.2 Å². The third kappa shape index (κ3) is 3.39. The predicted molar refractivity (Wildman–Crippen MR) is 67.3 cm³/mol. The fourth-order valence-electron chi connectivity index (χ4n) is 1.20. The first-order chi connectivity index (χ1) is 7.56. The Kier molecular flexibility index (Phi) is 5.87. The first kappa shape index (κ1) is 14.2. The van der Waals surface area contributed by atoms with E-state index in [0.717, 1.165) is 5.56 Å². The lowest BCUT2D eigenvalue weighted by Gasteiger charge is -2.05. The van der Waals surface area contributed by atoms with Gasteiger partial charge in [0.1, 0.15) is 11.6 Å². The monoisotopic (exact) mass is 220 g/mol. The molecule has 2 N–H and O–H groups in total. The fraction of sp³-hybridized carbons (Fsp3) is 0.308. The molecule has 0 aliphatic heterocycles. The van der Waals surface area contributed by atoms with Gasteiger partial charge in [-0.1, -0.05) is 19.8 Å². The molecule has 0 aromatic carbocycles. The summed E-state index contributed by atoms with van der Waals surface area (Å²) < 4.78 is 13.0. The van der Waals surface area contributed by atoms with E-state index in [9.17, 15) is 4.39 Å². The van der Waals surface area contributed by atoms with Crippen molar-refractivity contribution in [1.82, 2.24) is 4.98 Å². The Hall–Kier alpha value is -1.82. The van der Waals surface area contributed by atoms with Crippen molar-refractivity contribution in [2.24, 2.45) is 0 Å². The number of pyridine rings is 1. The lowest BCUT2D eigenvalue weighted by atomic mass is 10.0. The second-order valence-corrected chi connectivity index (χ2v) is 2.98. The molecule has 0 atom stereocenters. The summed E-state index contributed by atoms with van der Waals surface area (Å²) in [5.74, 6) is 2.32. The van der Waals surface area contributed by atoms with Crippen LogP contribution in [-0.4, -0.2) is 4.98 Å². The van der Waals surface area contributed by atoms with Gasteiger partial charge in [-0.3, -0.25) is 0 Å². The Morgan fingerprint density at radius 3 is 2.44 bits per heavy atom. The zero-order valence-corrected chi connectivity index (χ0v) is 10.1. The number of nitrogen functional groups attached to an aromatic ring is 1. The number of aryl methyl sites for hydroxylation is 1. The number of hydrogen-bond acceptors (Lipinski definition) is 2. The summed E-state index contributed by atoms with van der Waals surface area (Å²) in [6, 6.07) is 1.66. The Bertz CT molecular complexity index is 424. The largest absolute Gasteiger partial charge is 0.384 e. The fourth-order valence-corrected chi connectivity index (χ4v) is 1.20. The van der Waals surface area contributed by atoms with Crippen LogP contribution in [0.5, 0.6) is 0 Å². The molecule has 0 aliphatic rings. The quantitative estimate of drug-likeness (QED) is 0.737. The van der Waals surface area contributed by atoms with Gasteiger partial charge in [0.2, 0.25) is 0 Å². The van der Waals surface area contributed by atoms with Crippen molar-refractivity contribution >= 4 is 11.4 Å². The van der Waals surface area contributed by atoms with E-state index in [1.807, 2.05) is 20.8 Å². The molecule has 0 saturated heterocycles. The molecule has 3 heteroatoms. The van der Waals surface area contributed by atoms with Crippen molar-refractivity contribution in [2.75, 3.05) is 5.73 Å². The highest BCUT2D eigenvalue weighted by Crippen LogP contribution is 2.22. The second-order valence-electron chi connectivity index (χ2n) is 2.98. The van der Waals surface area contributed by atoms with Gasteiger partial charge in [0.15, 0.2) is 0 Å². The van der Waals surface area contributed by atoms with Crippen LogP contribution in [0.1, 0.15) is 31.9 Å². The van der Waals surface area contributed by atoms with E-state index in [1.165, 1.54) is 13.1 Å². The minimum Gasteiger partial charge on any atom is -0.384 e. The number of terminal acetylenes is 1. The number of hydrogen-bond donors (Lipinski definition) is 1. The van der Waals surface area contributed by atoms with Crippen LogP contribution in [0.15, 0.2) is 18.1 Å². The van der Waals surface area contributed by atoms with Gasteiger partial charge >= 0.3 is 0 Å². The van der Waals surface area contributed by atoms with Crippen LogP contribution in [-0.2, 0) is 0 Å². The summed E-state index contributed by atoms with van der Waals surface area (Å²) in [5, 5.41) is 0. The molecule has 0 radical (unpaired) electrons. The first-order valence-corrected chi connectivity index (χ1v) is 5.11. The number of allylic oxidation sites excluding steroid dienone is 2. The highest BCUT2D eigenvalue weighted by molar-refractivity contribution is 5.81. The van der Waals surface area contributed by atoms with Crippen molar-refractivity contribution in [1.29, 1.82) is 0 Å². The van der Waals surface area contributed by atoms with E-state index in [-0.39, 0.29) is 11.4 Å². The van der Waals surface area contributed by atoms with Gasteiger partial charge in [0.25, 0.3) is 0 Å². The zero-order chi connectivity index (χ0) is 12.7. The second kappa shape index (κ2) is 6.62. The van der Waals surface area contributed by atoms with Gasteiger partial charge in [0.05, 0.1) is 5.57 Å². The zero-order valence-electron chi connectivity index (χ0n) is 10.1. The van der Waals surface area contributed by atoms with Gasteiger partial charge in [-0.05, 0) is 25.5 Å². The SMILES string of the molecule is C#C/C(=C(/C)F)c1cnc(N)cc1C.CC. The summed E-state index contributed by atoms with van der Waals surface area (Å²) in [6.07, 6.45) is 6.69. The van der Waals surface area contributed by atoms with E-state index in [4.69, 9.17) is 12.2 Å². The Balaban J connectivity index is 0.00000106. The maximum absolute atomic E-state index is 13.0. The topological polar surface area (TPSA) is 38.9 Å². The summed E-state index contributed by atoms with van der Waals surface area (Å²) in [7, 11) is 0. The van der Waals surface area contributed by atoms with Crippen LogP contribution in [0.2, 0.25) is 0 Å². The number of anilines is 1. The van der Waals surface area contributed by atoms with Crippen LogP contribution in [0, 0.1) is 19.3 Å². The average molecular weight is 220 g/mol. The van der Waals surface area contributed by atoms with Gasteiger partial charge in [-0.15, -0.1) is 6.42 Å². The van der Waals surface area contributed by atoms with Gasteiger partial charge in [0, 0.05) is 11.8 Å². The lowest BCUT2D eigenvalue weighted by Crippen LogP contribution is -1.95. The van der Waals surface area contributed by atoms with Gasteiger partial charge < -0.3 is 5.73 Å². The summed E-state index contributed by atoms with van der Waals surface area (Å²) in [5.41, 5.74) is 7.14. The summed E-state index contributed by atoms with van der Waals surface area (Å²) in [6.45, 7) is 7.14. The standard InChI is InChI=1S/C11H11FN2.C2H6/c1-4-9(8(3)12)10-6-14-11(13)5-7(10)2;1-2/h1,5-6H,2-3H3,(H2,13,14);1-2H3/b9-8+;. The molecule has 0 saturated carbocycles. The highest BCUT2D eigenvalue weighted by atomic mass is 19.1. The van der Waals surface area contributed by atoms with Crippen molar-refractivity contribution in [3.63, 3.8) is 0 Å². The van der Waals surface area contributed by atoms with E-state index < -0.39 is 0 Å². The number of halogens is 1. The normalized spacial score (nSPS) is 10.8. The molecular formula is C13H17FN2. The molecule has 16 heavy (non-hydrogen) atoms. The molecular weight excluding hydrogens is 203 g/mol. The van der Waals surface area contributed by atoms with Crippen LogP contribution in [0.25, 0.3) is 5.57 Å². The smallest absolute Gasteiger partial charge is 0.123 e. The number of aromatic nitrogens is 1. The third-order valence-electron chi connectivity index (χ3n) is 1.89. The number of nitrogens with two attached hydrogens (primary N) is 1. The van der Waals surface area contributed by atoms with Crippen LogP contribution >= 0.6 is 0 Å². The Morgan fingerprint density at radius 2 is 2.06 bits per heavy atom. The van der Waals surface area contributed by atoms with Crippen molar-refractivity contribution in [2.45, 2.75) is 27.7 Å². The molecule has 1 rings (SSSR count). The van der Waals surface area contributed by atoms with E-state index >= 15 is 0 Å². The molecule has 1 aromatic rings. The minimum atomic E-state index is -0.387. The molecule has 1 heterocycles. The van der Waals surface area contributed by atoms with Gasteiger partial charge in [-0.2, -0.15) is 0 Å². The van der Waals surface area contributed by atoms with E-state index in [0.29, 0.717) is 11.4 Å². The van der Waals surface area contributed by atoms with Crippen molar-refractivity contribution < 1.29 is 4.39 Å². The maximum atomic E-state index is 13.0. The van der Waals surface area contributed by atoms with E-state index in [2.05, 4.69) is 10.9 Å². The van der Waals surface area contributed by atoms with Crippen molar-refractivity contribution in [3.8, 4) is 12.3 Å². The van der Waals surface area contributed by atoms with Gasteiger partial charge in [-0.25, -0.2) is 9.37 Å². The average Bonchev–Trinajstić information content (AvgIpc) is 2.24. The van der Waals surface area contributed by atoms with Crippen LogP contribution < -0.4 is 5.73 Å². The molecule has 0 bridgehead atoms. The Morgan fingerprint density at radius 1 is 1.50 bits per heavy atom. The number of rotatable bonds is 1. The van der Waals surface area contributed by atoms with Crippen molar-refractivity contribution in [3.05, 3.63) is 29.2 Å². The summed E-state index contributed by atoms with van der Waals surface area (Å²) >= 11 is 0. The molecule has 0 amide bonds. The molecule has 2 nitrogen and oxygen atoms in total.